The predicted octanol–water partition coefficient (Wildman–Crippen LogP) is 2.37. The van der Waals surface area contributed by atoms with Gasteiger partial charge in [0.05, 0.1) is 0 Å². The van der Waals surface area contributed by atoms with Crippen LogP contribution in [0.4, 0.5) is 5.69 Å². The van der Waals surface area contributed by atoms with Gasteiger partial charge in [-0.1, -0.05) is 24.3 Å². The van der Waals surface area contributed by atoms with Gasteiger partial charge < -0.3 is 11.1 Å². The molecule has 0 aliphatic carbocycles. The molecular formula is C7H7N2Re-. The summed E-state index contributed by atoms with van der Waals surface area (Å²) in [5, 5.41) is 6.84. The van der Waals surface area contributed by atoms with Crippen LogP contribution < -0.4 is 0 Å². The SMILES string of the molecule is N=Cc1ccccc1[NH-].[Re]. The normalized spacial score (nSPS) is 8.00. The Bertz CT molecular complexity index is 223. The fourth-order valence-corrected chi connectivity index (χ4v) is 0.623. The molecule has 0 fully saturated rings. The van der Waals surface area contributed by atoms with Crippen LogP contribution in [0.5, 0.6) is 0 Å². The van der Waals surface area contributed by atoms with Gasteiger partial charge in [0.2, 0.25) is 0 Å². The molecule has 0 heterocycles. The van der Waals surface area contributed by atoms with Gasteiger partial charge in [0.15, 0.2) is 0 Å². The van der Waals surface area contributed by atoms with Crippen molar-refractivity contribution in [1.82, 2.24) is 0 Å². The van der Waals surface area contributed by atoms with E-state index in [9.17, 15) is 0 Å². The largest absolute Gasteiger partial charge is 0.698 e. The molecule has 0 saturated heterocycles. The molecule has 1 radical (unpaired) electrons. The first kappa shape index (κ1) is 9.35. The quantitative estimate of drug-likeness (QED) is 0.775. The van der Waals surface area contributed by atoms with E-state index in [1.165, 1.54) is 6.21 Å². The summed E-state index contributed by atoms with van der Waals surface area (Å²) in [7, 11) is 0. The third kappa shape index (κ3) is 1.94. The van der Waals surface area contributed by atoms with E-state index in [0.717, 1.165) is 0 Å². The minimum absolute atomic E-state index is 0. The van der Waals surface area contributed by atoms with Crippen LogP contribution in [-0.4, -0.2) is 6.21 Å². The summed E-state index contributed by atoms with van der Waals surface area (Å²) in [5.41, 5.74) is 8.29. The molecule has 0 spiro atoms. The monoisotopic (exact) mass is 306 g/mol. The van der Waals surface area contributed by atoms with E-state index in [1.807, 2.05) is 6.07 Å². The zero-order chi connectivity index (χ0) is 6.69. The zero-order valence-corrected chi connectivity index (χ0v) is 7.98. The van der Waals surface area contributed by atoms with Gasteiger partial charge in [-0.2, -0.15) is 0 Å². The van der Waals surface area contributed by atoms with Gasteiger partial charge in [0, 0.05) is 26.6 Å². The summed E-state index contributed by atoms with van der Waals surface area (Å²) in [5.74, 6) is 0. The smallest absolute Gasteiger partial charge is 0.0237 e. The van der Waals surface area contributed by atoms with Crippen molar-refractivity contribution in [3.05, 3.63) is 35.6 Å². The van der Waals surface area contributed by atoms with Crippen LogP contribution in [0.15, 0.2) is 24.3 Å². The second kappa shape index (κ2) is 4.21. The fraction of sp³-hybridized carbons (Fsp3) is 0. The Morgan fingerprint density at radius 2 is 1.90 bits per heavy atom. The molecular weight excluding hydrogens is 298 g/mol. The van der Waals surface area contributed by atoms with Gasteiger partial charge in [-0.15, -0.1) is 5.69 Å². The van der Waals surface area contributed by atoms with Gasteiger partial charge in [-0.25, -0.2) is 0 Å². The van der Waals surface area contributed by atoms with Gasteiger partial charge in [0.25, 0.3) is 0 Å². The van der Waals surface area contributed by atoms with Crippen LogP contribution in [0, 0.1) is 5.41 Å². The van der Waals surface area contributed by atoms with Crippen molar-refractivity contribution < 1.29 is 20.4 Å². The molecule has 1 aromatic rings. The van der Waals surface area contributed by atoms with Crippen LogP contribution in [0.2, 0.25) is 0 Å². The molecule has 0 amide bonds. The average Bonchev–Trinajstić information content (AvgIpc) is 1.89. The Hall–Kier alpha value is -0.648. The molecule has 0 bridgehead atoms. The Morgan fingerprint density at radius 1 is 1.30 bits per heavy atom. The average molecular weight is 305 g/mol. The summed E-state index contributed by atoms with van der Waals surface area (Å²) in [6, 6.07) is 7.02. The number of nitrogens with one attached hydrogen (secondary N) is 2. The second-order valence-corrected chi connectivity index (χ2v) is 1.73. The Balaban J connectivity index is 0.000000810. The van der Waals surface area contributed by atoms with Crippen LogP contribution >= 0.6 is 0 Å². The summed E-state index contributed by atoms with van der Waals surface area (Å²) >= 11 is 0. The molecule has 10 heavy (non-hydrogen) atoms. The summed E-state index contributed by atoms with van der Waals surface area (Å²) in [4.78, 5) is 0. The van der Waals surface area contributed by atoms with Crippen molar-refractivity contribution in [2.45, 2.75) is 0 Å². The van der Waals surface area contributed by atoms with Gasteiger partial charge in [0.1, 0.15) is 0 Å². The van der Waals surface area contributed by atoms with Crippen molar-refractivity contribution in [1.29, 1.82) is 5.41 Å². The molecule has 0 unspecified atom stereocenters. The van der Waals surface area contributed by atoms with Crippen LogP contribution in [0.1, 0.15) is 5.56 Å². The third-order valence-electron chi connectivity index (χ3n) is 1.12. The topological polar surface area (TPSA) is 47.7 Å². The zero-order valence-electron chi connectivity index (χ0n) is 5.26. The maximum Gasteiger partial charge on any atom is 0.0237 e. The number of hydrogen-bond acceptors (Lipinski definition) is 1. The Labute approximate surface area is 73.6 Å². The molecule has 3 heteroatoms. The summed E-state index contributed by atoms with van der Waals surface area (Å²) < 4.78 is 0. The molecule has 0 aliphatic rings. The van der Waals surface area contributed by atoms with E-state index < -0.39 is 0 Å². The summed E-state index contributed by atoms with van der Waals surface area (Å²) in [6.07, 6.45) is 1.18. The minimum Gasteiger partial charge on any atom is -0.698 e. The van der Waals surface area contributed by atoms with E-state index >= 15 is 0 Å². The van der Waals surface area contributed by atoms with Crippen molar-refractivity contribution in [3.63, 3.8) is 0 Å². The van der Waals surface area contributed by atoms with Gasteiger partial charge in [-0.3, -0.25) is 0 Å². The van der Waals surface area contributed by atoms with Crippen LogP contribution in [0.25, 0.3) is 5.73 Å². The predicted molar refractivity (Wildman–Crippen MR) is 38.3 cm³/mol. The molecule has 0 aromatic heterocycles. The van der Waals surface area contributed by atoms with Crippen LogP contribution in [0.3, 0.4) is 0 Å². The Morgan fingerprint density at radius 3 is 2.30 bits per heavy atom. The molecule has 2 N–H and O–H groups in total. The Kier molecular flexibility index (Phi) is 3.94. The molecule has 2 nitrogen and oxygen atoms in total. The van der Waals surface area contributed by atoms with E-state index in [-0.39, 0.29) is 20.4 Å². The first-order chi connectivity index (χ1) is 4.34. The van der Waals surface area contributed by atoms with Crippen molar-refractivity contribution in [2.75, 3.05) is 0 Å². The first-order valence-corrected chi connectivity index (χ1v) is 2.65. The van der Waals surface area contributed by atoms with E-state index in [1.54, 1.807) is 18.2 Å². The minimum atomic E-state index is 0. The third-order valence-corrected chi connectivity index (χ3v) is 1.12. The van der Waals surface area contributed by atoms with Gasteiger partial charge >= 0.3 is 0 Å². The van der Waals surface area contributed by atoms with Gasteiger partial charge in [-0.05, 0) is 5.56 Å². The van der Waals surface area contributed by atoms with Crippen molar-refractivity contribution in [2.24, 2.45) is 0 Å². The molecule has 1 rings (SSSR count). The maximum atomic E-state index is 7.22. The molecule has 0 aliphatic heterocycles. The van der Waals surface area contributed by atoms with Crippen molar-refractivity contribution >= 4 is 11.9 Å². The summed E-state index contributed by atoms with van der Waals surface area (Å²) in [6.45, 7) is 0. The first-order valence-electron chi connectivity index (χ1n) is 2.65. The molecule has 53 valence electrons. The number of hydrogen-bond donors (Lipinski definition) is 1. The van der Waals surface area contributed by atoms with Crippen molar-refractivity contribution in [3.8, 4) is 0 Å². The molecule has 0 saturated carbocycles. The van der Waals surface area contributed by atoms with E-state index in [2.05, 4.69) is 0 Å². The maximum absolute atomic E-state index is 7.22. The number of benzene rings is 1. The molecule has 0 atom stereocenters. The second-order valence-electron chi connectivity index (χ2n) is 1.73. The van der Waals surface area contributed by atoms with Crippen LogP contribution in [-0.2, 0) is 20.4 Å². The number of rotatable bonds is 1. The molecule has 1 aromatic carbocycles. The van der Waals surface area contributed by atoms with E-state index in [4.69, 9.17) is 11.1 Å². The van der Waals surface area contributed by atoms with E-state index in [0.29, 0.717) is 11.3 Å². The standard InChI is InChI=1S/C7H7N2.Re/c8-5-6-3-1-2-4-7(6)9;/h1-5,8-9H;/q-1;. The fourth-order valence-electron chi connectivity index (χ4n) is 0.623.